The SMILES string of the molecule is CCC(OC(=O)c1cccc2cccc(-c3nc4ccccc4s3)c12)C(=O)Nc1nnc(C)s1. The summed E-state index contributed by atoms with van der Waals surface area (Å²) in [6, 6.07) is 19.3. The highest BCUT2D eigenvalue weighted by Gasteiger charge is 2.25. The molecule has 0 bridgehead atoms. The van der Waals surface area contributed by atoms with Gasteiger partial charge in [-0.05, 0) is 36.9 Å². The standard InChI is InChI=1S/C25H20N4O3S2/c1-3-19(22(30)27-25-29-28-14(2)33-25)32-24(31)17-11-7-9-15-8-6-10-16(21(15)17)23-26-18-12-4-5-13-20(18)34-23/h4-13,19H,3H2,1-2H3,(H,27,29,30). The maximum atomic E-state index is 13.3. The largest absolute Gasteiger partial charge is 0.449 e. The monoisotopic (exact) mass is 488 g/mol. The van der Waals surface area contributed by atoms with Gasteiger partial charge in [-0.2, -0.15) is 0 Å². The molecule has 0 saturated heterocycles. The fraction of sp³-hybridized carbons (Fsp3) is 0.160. The molecule has 9 heteroatoms. The molecular weight excluding hydrogens is 468 g/mol. The van der Waals surface area contributed by atoms with Crippen LogP contribution in [-0.4, -0.2) is 33.2 Å². The summed E-state index contributed by atoms with van der Waals surface area (Å²) in [7, 11) is 0. The Morgan fingerprint density at radius 2 is 1.79 bits per heavy atom. The summed E-state index contributed by atoms with van der Waals surface area (Å²) < 4.78 is 6.75. The Bertz CT molecular complexity index is 1490. The zero-order valence-electron chi connectivity index (χ0n) is 18.4. The summed E-state index contributed by atoms with van der Waals surface area (Å²) in [6.07, 6.45) is -0.633. The average Bonchev–Trinajstić information content (AvgIpc) is 3.47. The van der Waals surface area contributed by atoms with Gasteiger partial charge in [0, 0.05) is 10.9 Å². The van der Waals surface area contributed by atoms with Crippen molar-refractivity contribution in [1.82, 2.24) is 15.2 Å². The van der Waals surface area contributed by atoms with Crippen molar-refractivity contribution < 1.29 is 14.3 Å². The topological polar surface area (TPSA) is 94.1 Å². The molecule has 1 amide bonds. The van der Waals surface area contributed by atoms with Crippen molar-refractivity contribution in [3.05, 3.63) is 71.2 Å². The Balaban J connectivity index is 1.49. The summed E-state index contributed by atoms with van der Waals surface area (Å²) in [5.41, 5.74) is 2.16. The molecule has 3 aromatic carbocycles. The highest BCUT2D eigenvalue weighted by atomic mass is 32.1. The Kier molecular flexibility index (Phi) is 6.04. The number of hydrogen-bond acceptors (Lipinski definition) is 8. The Morgan fingerprint density at radius 1 is 1.00 bits per heavy atom. The van der Waals surface area contributed by atoms with Gasteiger partial charge in [-0.15, -0.1) is 21.5 Å². The minimum Gasteiger partial charge on any atom is -0.449 e. The van der Waals surface area contributed by atoms with Gasteiger partial charge >= 0.3 is 5.97 Å². The van der Waals surface area contributed by atoms with Crippen LogP contribution in [0, 0.1) is 6.92 Å². The second kappa shape index (κ2) is 9.28. The molecule has 0 spiro atoms. The highest BCUT2D eigenvalue weighted by Crippen LogP contribution is 2.36. The van der Waals surface area contributed by atoms with Crippen molar-refractivity contribution in [1.29, 1.82) is 0 Å². The lowest BCUT2D eigenvalue weighted by atomic mass is 9.99. The number of rotatable bonds is 6. The van der Waals surface area contributed by atoms with E-state index >= 15 is 0 Å². The molecule has 170 valence electrons. The molecule has 5 aromatic rings. The molecule has 0 aliphatic carbocycles. The number of carbonyl (C=O) groups excluding carboxylic acids is 2. The Labute approximate surface area is 203 Å². The summed E-state index contributed by atoms with van der Waals surface area (Å²) in [6.45, 7) is 3.59. The van der Waals surface area contributed by atoms with Gasteiger partial charge in [0.05, 0.1) is 15.8 Å². The van der Waals surface area contributed by atoms with Crippen molar-refractivity contribution >= 4 is 60.7 Å². The smallest absolute Gasteiger partial charge is 0.339 e. The predicted octanol–water partition coefficient (Wildman–Crippen LogP) is 5.85. The van der Waals surface area contributed by atoms with E-state index in [0.717, 1.165) is 36.6 Å². The normalized spacial score (nSPS) is 12.1. The van der Waals surface area contributed by atoms with Crippen LogP contribution in [0.25, 0.3) is 31.6 Å². The van der Waals surface area contributed by atoms with E-state index in [1.54, 1.807) is 31.3 Å². The number of ether oxygens (including phenoxy) is 1. The van der Waals surface area contributed by atoms with Crippen LogP contribution in [0.1, 0.15) is 28.7 Å². The molecule has 7 nitrogen and oxygen atoms in total. The maximum Gasteiger partial charge on any atom is 0.339 e. The summed E-state index contributed by atoms with van der Waals surface area (Å²) in [4.78, 5) is 30.8. The maximum absolute atomic E-state index is 13.3. The Hall–Kier alpha value is -3.69. The quantitative estimate of drug-likeness (QED) is 0.301. The van der Waals surface area contributed by atoms with Gasteiger partial charge in [0.2, 0.25) is 5.13 Å². The van der Waals surface area contributed by atoms with Crippen molar-refractivity contribution in [2.45, 2.75) is 26.4 Å². The van der Waals surface area contributed by atoms with Gasteiger partial charge < -0.3 is 4.74 Å². The van der Waals surface area contributed by atoms with E-state index in [1.165, 1.54) is 11.3 Å². The molecule has 2 heterocycles. The van der Waals surface area contributed by atoms with Crippen molar-refractivity contribution in [2.24, 2.45) is 0 Å². The van der Waals surface area contributed by atoms with E-state index in [4.69, 9.17) is 9.72 Å². The number of aryl methyl sites for hydroxylation is 1. The van der Waals surface area contributed by atoms with Gasteiger partial charge in [-0.3, -0.25) is 10.1 Å². The van der Waals surface area contributed by atoms with Crippen LogP contribution in [0.5, 0.6) is 0 Å². The lowest BCUT2D eigenvalue weighted by molar-refractivity contribution is -0.124. The number of nitrogens with zero attached hydrogens (tertiary/aromatic N) is 3. The van der Waals surface area contributed by atoms with Gasteiger partial charge in [-0.1, -0.05) is 60.7 Å². The molecule has 0 radical (unpaired) electrons. The van der Waals surface area contributed by atoms with Gasteiger partial charge in [0.25, 0.3) is 5.91 Å². The van der Waals surface area contributed by atoms with Crippen LogP contribution in [0.15, 0.2) is 60.7 Å². The number of aromatic nitrogens is 3. The summed E-state index contributed by atoms with van der Waals surface area (Å²) in [5.74, 6) is -0.992. The predicted molar refractivity (Wildman–Crippen MR) is 135 cm³/mol. The highest BCUT2D eigenvalue weighted by molar-refractivity contribution is 7.21. The second-order valence-corrected chi connectivity index (χ2v) is 9.83. The first-order chi connectivity index (χ1) is 16.5. The molecule has 0 aliphatic heterocycles. The lowest BCUT2D eigenvalue weighted by Crippen LogP contribution is -2.32. The third-order valence-electron chi connectivity index (χ3n) is 5.32. The van der Waals surface area contributed by atoms with Crippen molar-refractivity contribution in [2.75, 3.05) is 5.32 Å². The molecule has 0 saturated carbocycles. The molecule has 1 atom stereocenters. The van der Waals surface area contributed by atoms with Gasteiger partial charge in [0.15, 0.2) is 6.10 Å². The van der Waals surface area contributed by atoms with E-state index in [0.29, 0.717) is 17.1 Å². The number of para-hydroxylation sites is 1. The minimum atomic E-state index is -0.957. The van der Waals surface area contributed by atoms with E-state index in [2.05, 4.69) is 15.5 Å². The van der Waals surface area contributed by atoms with Crippen LogP contribution < -0.4 is 5.32 Å². The average molecular weight is 489 g/mol. The van der Waals surface area contributed by atoms with E-state index in [-0.39, 0.29) is 0 Å². The van der Waals surface area contributed by atoms with E-state index in [1.807, 2.05) is 54.6 Å². The van der Waals surface area contributed by atoms with E-state index in [9.17, 15) is 9.59 Å². The number of amides is 1. The van der Waals surface area contributed by atoms with Gasteiger partial charge in [-0.25, -0.2) is 9.78 Å². The number of esters is 1. The summed E-state index contributed by atoms with van der Waals surface area (Å²) in [5, 5.41) is 14.1. The first kappa shape index (κ1) is 22.1. The first-order valence-corrected chi connectivity index (χ1v) is 12.4. The summed E-state index contributed by atoms with van der Waals surface area (Å²) >= 11 is 2.83. The van der Waals surface area contributed by atoms with E-state index < -0.39 is 18.0 Å². The van der Waals surface area contributed by atoms with Crippen molar-refractivity contribution in [3.63, 3.8) is 0 Å². The fourth-order valence-corrected chi connectivity index (χ4v) is 5.32. The van der Waals surface area contributed by atoms with Crippen LogP contribution in [0.4, 0.5) is 5.13 Å². The molecule has 1 unspecified atom stereocenters. The van der Waals surface area contributed by atoms with Crippen LogP contribution in [0.2, 0.25) is 0 Å². The van der Waals surface area contributed by atoms with Crippen LogP contribution >= 0.6 is 22.7 Å². The number of benzene rings is 3. The molecular formula is C25H20N4O3S2. The minimum absolute atomic E-state index is 0.324. The number of nitrogens with one attached hydrogen (secondary N) is 1. The zero-order valence-corrected chi connectivity index (χ0v) is 20.1. The zero-order chi connectivity index (χ0) is 23.7. The van der Waals surface area contributed by atoms with Crippen LogP contribution in [0.3, 0.4) is 0 Å². The lowest BCUT2D eigenvalue weighted by Gasteiger charge is -2.16. The molecule has 2 aromatic heterocycles. The molecule has 34 heavy (non-hydrogen) atoms. The number of thiazole rings is 1. The molecule has 5 rings (SSSR count). The van der Waals surface area contributed by atoms with Crippen molar-refractivity contribution in [3.8, 4) is 10.6 Å². The molecule has 1 N–H and O–H groups in total. The van der Waals surface area contributed by atoms with Gasteiger partial charge in [0.1, 0.15) is 10.0 Å². The number of hydrogen-bond donors (Lipinski definition) is 1. The number of anilines is 1. The third-order valence-corrected chi connectivity index (χ3v) is 7.14. The molecule has 0 fully saturated rings. The number of carbonyl (C=O) groups is 2. The number of fused-ring (bicyclic) bond motifs is 2. The van der Waals surface area contributed by atoms with Crippen LogP contribution in [-0.2, 0) is 9.53 Å². The first-order valence-electron chi connectivity index (χ1n) is 10.7. The second-order valence-electron chi connectivity index (χ2n) is 7.61. The third kappa shape index (κ3) is 4.27. The Morgan fingerprint density at radius 3 is 2.53 bits per heavy atom. The molecule has 0 aliphatic rings. The fourth-order valence-electron chi connectivity index (χ4n) is 3.72.